The van der Waals surface area contributed by atoms with Gasteiger partial charge in [0, 0.05) is 18.3 Å². The summed E-state index contributed by atoms with van der Waals surface area (Å²) in [5, 5.41) is 2.75. The van der Waals surface area contributed by atoms with Crippen LogP contribution in [0.1, 0.15) is 17.3 Å². The Bertz CT molecular complexity index is 731. The topological polar surface area (TPSA) is 67.9 Å². The molecule has 0 aliphatic heterocycles. The van der Waals surface area contributed by atoms with Crippen LogP contribution in [0.2, 0.25) is 0 Å². The number of likely N-dealkylation sites (N-methyl/N-ethyl adjacent to an activating group) is 1. The fraction of sp³-hybridized carbons (Fsp3) is 0.263. The van der Waals surface area contributed by atoms with Crippen LogP contribution in [0.25, 0.3) is 0 Å². The van der Waals surface area contributed by atoms with Gasteiger partial charge in [-0.05, 0) is 37.3 Å². The Morgan fingerprint density at radius 1 is 1.08 bits per heavy atom. The highest BCUT2D eigenvalue weighted by Gasteiger charge is 2.17. The Balaban J connectivity index is 2.04. The van der Waals surface area contributed by atoms with E-state index in [-0.39, 0.29) is 18.4 Å². The standard InChI is InChI=1S/C19H22N2O4/c1-4-25-17-12-14(10-11-16(17)24-3)19(23)21(2)13-18(22)20-15-8-6-5-7-9-15/h5-12H,4,13H2,1-3H3,(H,20,22). The summed E-state index contributed by atoms with van der Waals surface area (Å²) in [5.41, 5.74) is 1.12. The van der Waals surface area contributed by atoms with Crippen molar-refractivity contribution in [2.75, 3.05) is 32.6 Å². The zero-order valence-electron chi connectivity index (χ0n) is 14.6. The lowest BCUT2D eigenvalue weighted by atomic mass is 10.1. The third kappa shape index (κ3) is 4.97. The molecule has 0 aliphatic carbocycles. The van der Waals surface area contributed by atoms with Crippen molar-refractivity contribution in [1.29, 1.82) is 0 Å². The lowest BCUT2D eigenvalue weighted by Gasteiger charge is -2.18. The highest BCUT2D eigenvalue weighted by atomic mass is 16.5. The zero-order valence-corrected chi connectivity index (χ0v) is 14.6. The van der Waals surface area contributed by atoms with Crippen LogP contribution in [0.5, 0.6) is 11.5 Å². The number of rotatable bonds is 7. The van der Waals surface area contributed by atoms with Gasteiger partial charge >= 0.3 is 0 Å². The van der Waals surface area contributed by atoms with Gasteiger partial charge in [0.15, 0.2) is 11.5 Å². The number of para-hydroxylation sites is 1. The molecule has 0 atom stereocenters. The van der Waals surface area contributed by atoms with Crippen molar-refractivity contribution < 1.29 is 19.1 Å². The van der Waals surface area contributed by atoms with Gasteiger partial charge in [-0.15, -0.1) is 0 Å². The Kier molecular flexibility index (Phi) is 6.39. The van der Waals surface area contributed by atoms with Crippen LogP contribution < -0.4 is 14.8 Å². The van der Waals surface area contributed by atoms with Crippen molar-refractivity contribution in [1.82, 2.24) is 4.90 Å². The summed E-state index contributed by atoms with van der Waals surface area (Å²) in [5.74, 6) is 0.522. The van der Waals surface area contributed by atoms with E-state index in [1.807, 2.05) is 25.1 Å². The van der Waals surface area contributed by atoms with Crippen LogP contribution in [0, 0.1) is 0 Å². The van der Waals surface area contributed by atoms with E-state index >= 15 is 0 Å². The second-order valence-corrected chi connectivity index (χ2v) is 5.37. The van der Waals surface area contributed by atoms with Crippen LogP contribution in [0.4, 0.5) is 5.69 Å². The first-order valence-corrected chi connectivity index (χ1v) is 7.96. The predicted octanol–water partition coefficient (Wildman–Crippen LogP) is 2.80. The minimum atomic E-state index is -0.271. The maximum atomic E-state index is 12.5. The molecule has 132 valence electrons. The lowest BCUT2D eigenvalue weighted by molar-refractivity contribution is -0.116. The number of hydrogen-bond donors (Lipinski definition) is 1. The SMILES string of the molecule is CCOc1cc(C(=O)N(C)CC(=O)Nc2ccccc2)ccc1OC. The molecular formula is C19H22N2O4. The van der Waals surface area contributed by atoms with Gasteiger partial charge in [-0.25, -0.2) is 0 Å². The Morgan fingerprint density at radius 2 is 1.80 bits per heavy atom. The monoisotopic (exact) mass is 342 g/mol. The summed E-state index contributed by atoms with van der Waals surface area (Å²) in [6.45, 7) is 2.26. The van der Waals surface area contributed by atoms with E-state index in [1.54, 1.807) is 44.5 Å². The van der Waals surface area contributed by atoms with Crippen molar-refractivity contribution in [3.8, 4) is 11.5 Å². The molecule has 0 aliphatic rings. The molecule has 0 fully saturated rings. The molecule has 2 amide bonds. The van der Waals surface area contributed by atoms with E-state index in [4.69, 9.17) is 9.47 Å². The summed E-state index contributed by atoms with van der Waals surface area (Å²) in [6.07, 6.45) is 0. The summed E-state index contributed by atoms with van der Waals surface area (Å²) >= 11 is 0. The van der Waals surface area contributed by atoms with Crippen LogP contribution in [0.3, 0.4) is 0 Å². The van der Waals surface area contributed by atoms with E-state index in [9.17, 15) is 9.59 Å². The van der Waals surface area contributed by atoms with Crippen molar-refractivity contribution >= 4 is 17.5 Å². The number of nitrogens with zero attached hydrogens (tertiary/aromatic N) is 1. The molecule has 6 nitrogen and oxygen atoms in total. The fourth-order valence-corrected chi connectivity index (χ4v) is 2.31. The molecular weight excluding hydrogens is 320 g/mol. The normalized spacial score (nSPS) is 10.0. The molecule has 6 heteroatoms. The second-order valence-electron chi connectivity index (χ2n) is 5.37. The third-order valence-electron chi connectivity index (χ3n) is 3.50. The first-order valence-electron chi connectivity index (χ1n) is 7.96. The largest absolute Gasteiger partial charge is 0.493 e. The van der Waals surface area contributed by atoms with E-state index in [0.717, 1.165) is 0 Å². The van der Waals surface area contributed by atoms with Gasteiger partial charge in [0.2, 0.25) is 5.91 Å². The minimum Gasteiger partial charge on any atom is -0.493 e. The molecule has 0 saturated heterocycles. The molecule has 25 heavy (non-hydrogen) atoms. The molecule has 0 heterocycles. The first kappa shape index (κ1) is 18.3. The average molecular weight is 342 g/mol. The van der Waals surface area contributed by atoms with Crippen LogP contribution in [0.15, 0.2) is 48.5 Å². The van der Waals surface area contributed by atoms with Crippen LogP contribution in [-0.4, -0.2) is 44.0 Å². The summed E-state index contributed by atoms with van der Waals surface area (Å²) in [7, 11) is 3.12. The quantitative estimate of drug-likeness (QED) is 0.840. The van der Waals surface area contributed by atoms with Gasteiger partial charge in [-0.3, -0.25) is 9.59 Å². The van der Waals surface area contributed by atoms with Gasteiger partial charge in [0.05, 0.1) is 20.3 Å². The highest BCUT2D eigenvalue weighted by Crippen LogP contribution is 2.28. The van der Waals surface area contributed by atoms with Gasteiger partial charge in [-0.1, -0.05) is 18.2 Å². The maximum Gasteiger partial charge on any atom is 0.254 e. The van der Waals surface area contributed by atoms with Gasteiger partial charge in [-0.2, -0.15) is 0 Å². The number of ether oxygens (including phenoxy) is 2. The number of benzene rings is 2. The molecule has 0 bridgehead atoms. The molecule has 0 unspecified atom stereocenters. The molecule has 2 rings (SSSR count). The van der Waals surface area contributed by atoms with Crippen LogP contribution >= 0.6 is 0 Å². The number of carbonyl (C=O) groups is 2. The fourth-order valence-electron chi connectivity index (χ4n) is 2.31. The molecule has 0 radical (unpaired) electrons. The smallest absolute Gasteiger partial charge is 0.254 e. The number of anilines is 1. The van der Waals surface area contributed by atoms with E-state index in [2.05, 4.69) is 5.32 Å². The molecule has 2 aromatic rings. The van der Waals surface area contributed by atoms with Crippen molar-refractivity contribution in [3.63, 3.8) is 0 Å². The zero-order chi connectivity index (χ0) is 18.2. The minimum absolute atomic E-state index is 0.0519. The van der Waals surface area contributed by atoms with E-state index in [0.29, 0.717) is 29.4 Å². The Hall–Kier alpha value is -3.02. The molecule has 0 aromatic heterocycles. The lowest BCUT2D eigenvalue weighted by Crippen LogP contribution is -2.34. The number of amides is 2. The first-order chi connectivity index (χ1) is 12.0. The predicted molar refractivity (Wildman–Crippen MR) is 96.2 cm³/mol. The molecule has 0 spiro atoms. The average Bonchev–Trinajstić information content (AvgIpc) is 2.62. The molecule has 2 aromatic carbocycles. The van der Waals surface area contributed by atoms with Crippen LogP contribution in [-0.2, 0) is 4.79 Å². The van der Waals surface area contributed by atoms with Gasteiger partial charge < -0.3 is 19.7 Å². The third-order valence-corrected chi connectivity index (χ3v) is 3.50. The molecule has 1 N–H and O–H groups in total. The van der Waals surface area contributed by atoms with Gasteiger partial charge in [0.1, 0.15) is 0 Å². The maximum absolute atomic E-state index is 12.5. The summed E-state index contributed by atoms with van der Waals surface area (Å²) in [6, 6.07) is 14.1. The second kappa shape index (κ2) is 8.73. The van der Waals surface area contributed by atoms with Crippen molar-refractivity contribution in [2.24, 2.45) is 0 Å². The highest BCUT2D eigenvalue weighted by molar-refractivity contribution is 5.99. The number of hydrogen-bond acceptors (Lipinski definition) is 4. The van der Waals surface area contributed by atoms with Crippen molar-refractivity contribution in [3.05, 3.63) is 54.1 Å². The van der Waals surface area contributed by atoms with E-state index < -0.39 is 0 Å². The Morgan fingerprint density at radius 3 is 2.44 bits per heavy atom. The molecule has 0 saturated carbocycles. The van der Waals surface area contributed by atoms with Gasteiger partial charge in [0.25, 0.3) is 5.91 Å². The summed E-state index contributed by atoms with van der Waals surface area (Å²) < 4.78 is 10.7. The Labute approximate surface area is 147 Å². The van der Waals surface area contributed by atoms with Crippen molar-refractivity contribution in [2.45, 2.75) is 6.92 Å². The number of carbonyl (C=O) groups excluding carboxylic acids is 2. The number of nitrogens with one attached hydrogen (secondary N) is 1. The van der Waals surface area contributed by atoms with E-state index in [1.165, 1.54) is 4.90 Å². The summed E-state index contributed by atoms with van der Waals surface area (Å²) in [4.78, 5) is 26.0. The number of methoxy groups -OCH3 is 1.